The Balaban J connectivity index is 1.41. The Labute approximate surface area is 238 Å². The Hall–Kier alpha value is -5.36. The number of hydrogen-bond acceptors (Lipinski definition) is 8. The highest BCUT2D eigenvalue weighted by molar-refractivity contribution is 6.02. The molecule has 0 radical (unpaired) electrons. The minimum absolute atomic E-state index is 0.0280. The summed E-state index contributed by atoms with van der Waals surface area (Å²) in [7, 11) is 1.45. The number of ether oxygens (including phenoxy) is 3. The number of halogens is 2. The Morgan fingerprint density at radius 1 is 1.05 bits per heavy atom. The molecule has 5 rings (SSSR count). The third kappa shape index (κ3) is 5.74. The van der Waals surface area contributed by atoms with Gasteiger partial charge in [0.25, 0.3) is 5.69 Å². The van der Waals surface area contributed by atoms with Gasteiger partial charge in [0.05, 0.1) is 19.2 Å². The molecule has 1 unspecified atom stereocenters. The number of pyridine rings is 1. The van der Waals surface area contributed by atoms with E-state index in [1.807, 2.05) is 0 Å². The van der Waals surface area contributed by atoms with Crippen LogP contribution >= 0.6 is 0 Å². The monoisotopic (exact) mass is 574 g/mol. The highest BCUT2D eigenvalue weighted by Crippen LogP contribution is 2.41. The molecule has 2 N–H and O–H groups in total. The van der Waals surface area contributed by atoms with Crippen LogP contribution in [0.1, 0.15) is 17.4 Å². The van der Waals surface area contributed by atoms with Crippen molar-refractivity contribution < 1.29 is 37.6 Å². The van der Waals surface area contributed by atoms with Crippen molar-refractivity contribution in [3.63, 3.8) is 0 Å². The Morgan fingerprint density at radius 2 is 1.81 bits per heavy atom. The maximum absolute atomic E-state index is 15.2. The van der Waals surface area contributed by atoms with Gasteiger partial charge in [0.1, 0.15) is 23.6 Å². The number of methoxy groups -OCH3 is 1. The molecule has 214 valence electrons. The van der Waals surface area contributed by atoms with Gasteiger partial charge in [0.2, 0.25) is 11.6 Å². The number of carbonyl (C=O) groups is 1. The van der Waals surface area contributed by atoms with Crippen molar-refractivity contribution in [1.29, 1.82) is 0 Å². The summed E-state index contributed by atoms with van der Waals surface area (Å²) >= 11 is 0. The minimum Gasteiger partial charge on any atom is -0.618 e. The molecule has 0 aliphatic heterocycles. The molecule has 1 amide bonds. The average Bonchev–Trinajstić information content (AvgIpc) is 2.99. The summed E-state index contributed by atoms with van der Waals surface area (Å²) in [6.07, 6.45) is 0.648. The van der Waals surface area contributed by atoms with Crippen molar-refractivity contribution in [2.75, 3.05) is 19.0 Å². The molecule has 10 nitrogen and oxygen atoms in total. The van der Waals surface area contributed by atoms with Gasteiger partial charge < -0.3 is 29.8 Å². The molecule has 42 heavy (non-hydrogen) atoms. The lowest BCUT2D eigenvalue weighted by molar-refractivity contribution is -0.595. The molecule has 2 heterocycles. The number of nitrogens with one attached hydrogen (secondary N) is 1. The highest BCUT2D eigenvalue weighted by Gasteiger charge is 2.22. The van der Waals surface area contributed by atoms with Gasteiger partial charge in [-0.25, -0.2) is 18.7 Å². The Kier molecular flexibility index (Phi) is 8.07. The number of aromatic nitrogens is 3. The van der Waals surface area contributed by atoms with Crippen LogP contribution in [0, 0.1) is 16.8 Å². The number of aliphatic hydroxyl groups is 1. The van der Waals surface area contributed by atoms with E-state index < -0.39 is 23.6 Å². The average molecular weight is 575 g/mol. The molecule has 5 aromatic rings. The normalized spacial score (nSPS) is 11.6. The molecule has 0 bridgehead atoms. The van der Waals surface area contributed by atoms with E-state index in [1.54, 1.807) is 19.1 Å². The lowest BCUT2D eigenvalue weighted by atomic mass is 10.1. The topological polar surface area (TPSA) is 130 Å². The number of benzene rings is 3. The summed E-state index contributed by atoms with van der Waals surface area (Å²) in [6.45, 7) is 1.39. The summed E-state index contributed by atoms with van der Waals surface area (Å²) in [4.78, 5) is 21.3. The summed E-state index contributed by atoms with van der Waals surface area (Å²) in [5.41, 5.74) is 0.806. The van der Waals surface area contributed by atoms with Crippen molar-refractivity contribution >= 4 is 22.5 Å². The van der Waals surface area contributed by atoms with Crippen LogP contribution in [0.5, 0.6) is 23.1 Å². The van der Waals surface area contributed by atoms with Gasteiger partial charge in [-0.2, -0.15) is 4.73 Å². The molecule has 0 fully saturated rings. The molecule has 2 aromatic heterocycles. The van der Waals surface area contributed by atoms with Gasteiger partial charge in [0, 0.05) is 29.4 Å². The van der Waals surface area contributed by atoms with E-state index in [2.05, 4.69) is 15.3 Å². The lowest BCUT2D eigenvalue weighted by Crippen LogP contribution is -2.38. The summed E-state index contributed by atoms with van der Waals surface area (Å²) in [5, 5.41) is 25.2. The van der Waals surface area contributed by atoms with Gasteiger partial charge in [0.15, 0.2) is 23.1 Å². The fourth-order valence-electron chi connectivity index (χ4n) is 4.13. The fraction of sp³-hybridized carbons (Fsp3) is 0.133. The molecule has 3 aromatic carbocycles. The second-order valence-corrected chi connectivity index (χ2v) is 9.08. The van der Waals surface area contributed by atoms with Crippen LogP contribution in [0.25, 0.3) is 22.2 Å². The first-order valence-electron chi connectivity index (χ1n) is 12.7. The van der Waals surface area contributed by atoms with Gasteiger partial charge >= 0.3 is 5.91 Å². The molecule has 0 aliphatic rings. The minimum atomic E-state index is -0.830. The molecule has 12 heteroatoms. The summed E-state index contributed by atoms with van der Waals surface area (Å²) < 4.78 is 45.9. The van der Waals surface area contributed by atoms with Crippen LogP contribution in [0.15, 0.2) is 79.1 Å². The van der Waals surface area contributed by atoms with Crippen LogP contribution in [0.3, 0.4) is 0 Å². The first-order valence-corrected chi connectivity index (χ1v) is 12.7. The Bertz CT molecular complexity index is 1770. The van der Waals surface area contributed by atoms with Gasteiger partial charge in [-0.1, -0.05) is 0 Å². The van der Waals surface area contributed by atoms with Crippen molar-refractivity contribution in [1.82, 2.24) is 9.97 Å². The largest absolute Gasteiger partial charge is 0.618 e. The van der Waals surface area contributed by atoms with Crippen LogP contribution < -0.4 is 24.3 Å². The number of fused-ring (bicyclic) bond motifs is 1. The molecular weight excluding hydrogens is 550 g/mol. The maximum atomic E-state index is 15.2. The van der Waals surface area contributed by atoms with E-state index in [9.17, 15) is 19.5 Å². The van der Waals surface area contributed by atoms with Crippen LogP contribution in [0.2, 0.25) is 0 Å². The van der Waals surface area contributed by atoms with E-state index in [0.717, 1.165) is 6.07 Å². The lowest BCUT2D eigenvalue weighted by Gasteiger charge is -2.18. The van der Waals surface area contributed by atoms with Gasteiger partial charge in [-0.05, 0) is 61.5 Å². The van der Waals surface area contributed by atoms with E-state index in [1.165, 1.54) is 68.0 Å². The predicted molar refractivity (Wildman–Crippen MR) is 148 cm³/mol. The highest BCUT2D eigenvalue weighted by atomic mass is 19.1. The Morgan fingerprint density at radius 3 is 2.52 bits per heavy atom. The van der Waals surface area contributed by atoms with Crippen molar-refractivity contribution in [3.8, 4) is 34.4 Å². The molecule has 0 spiro atoms. The third-order valence-electron chi connectivity index (χ3n) is 6.20. The number of anilines is 1. The SMILES string of the molecule is COc1ccc2ncnc(Oc3ccc(NC(=O)c4cccc(-c5ccc(F)cc5)[n+]4[O-])cc3F)c2c1OC(C)CO. The number of rotatable bonds is 9. The van der Waals surface area contributed by atoms with Crippen LogP contribution in [-0.4, -0.2) is 40.8 Å². The molecule has 0 saturated carbocycles. The summed E-state index contributed by atoms with van der Waals surface area (Å²) in [5.74, 6) is -1.77. The van der Waals surface area contributed by atoms with Crippen molar-refractivity contribution in [2.24, 2.45) is 0 Å². The van der Waals surface area contributed by atoms with Gasteiger partial charge in [-0.15, -0.1) is 0 Å². The second kappa shape index (κ2) is 12.0. The fourth-order valence-corrected chi connectivity index (χ4v) is 4.13. The molecule has 1 atom stereocenters. The zero-order chi connectivity index (χ0) is 29.8. The molecule has 0 saturated heterocycles. The maximum Gasteiger partial charge on any atom is 0.321 e. The molecular formula is C30H24F2N4O6. The number of hydrogen-bond donors (Lipinski definition) is 2. The van der Waals surface area contributed by atoms with Crippen LogP contribution in [-0.2, 0) is 0 Å². The first-order chi connectivity index (χ1) is 20.3. The third-order valence-corrected chi connectivity index (χ3v) is 6.20. The standard InChI is InChI=1S/C30H24F2N4O6/c1-17(15-37)41-28-26(40-2)13-11-22-27(28)30(34-16-33-22)42-25-12-10-20(14-21(25)32)35-29(38)24-5-3-4-23(36(24)39)18-6-8-19(31)9-7-18/h3-14,16-17,37H,15H2,1-2H3,(H,35,38). The van der Waals surface area contributed by atoms with E-state index >= 15 is 4.39 Å². The predicted octanol–water partition coefficient (Wildman–Crippen LogP) is 5.02. The van der Waals surface area contributed by atoms with E-state index in [-0.39, 0.29) is 41.1 Å². The number of nitrogens with zero attached hydrogens (tertiary/aromatic N) is 3. The second-order valence-electron chi connectivity index (χ2n) is 9.08. The summed E-state index contributed by atoms with van der Waals surface area (Å²) in [6, 6.07) is 16.6. The van der Waals surface area contributed by atoms with Gasteiger partial charge in [-0.3, -0.25) is 4.79 Å². The van der Waals surface area contributed by atoms with Crippen LogP contribution in [0.4, 0.5) is 14.5 Å². The smallest absolute Gasteiger partial charge is 0.321 e. The first kappa shape index (κ1) is 28.2. The zero-order valence-corrected chi connectivity index (χ0v) is 22.4. The van der Waals surface area contributed by atoms with Crippen molar-refractivity contribution in [2.45, 2.75) is 13.0 Å². The van der Waals surface area contributed by atoms with E-state index in [0.29, 0.717) is 26.9 Å². The molecule has 0 aliphatic carbocycles. The van der Waals surface area contributed by atoms with E-state index in [4.69, 9.17) is 14.2 Å². The quantitative estimate of drug-likeness (QED) is 0.185. The number of amides is 1. The number of aliphatic hydroxyl groups excluding tert-OH is 1. The zero-order valence-electron chi connectivity index (χ0n) is 22.4. The van der Waals surface area contributed by atoms with Crippen molar-refractivity contribution in [3.05, 3.63) is 102 Å². The number of carbonyl (C=O) groups excluding carboxylic acids is 1.